The lowest BCUT2D eigenvalue weighted by Crippen LogP contribution is -2.36. The Balaban J connectivity index is 1.68. The van der Waals surface area contributed by atoms with Gasteiger partial charge in [-0.2, -0.15) is 21.4 Å². The summed E-state index contributed by atoms with van der Waals surface area (Å²) in [7, 11) is -8.18. The quantitative estimate of drug-likeness (QED) is 0.139. The number of hydrogen-bond donors (Lipinski definition) is 2. The molecule has 15 heteroatoms. The lowest BCUT2D eigenvalue weighted by Gasteiger charge is -2.24. The molecule has 0 bridgehead atoms. The van der Waals surface area contributed by atoms with Gasteiger partial charge in [0.1, 0.15) is 5.82 Å². The maximum Gasteiger partial charge on any atom is 0.374 e. The van der Waals surface area contributed by atoms with Crippen LogP contribution < -0.4 is 14.4 Å². The second kappa shape index (κ2) is 12.9. The summed E-state index contributed by atoms with van der Waals surface area (Å²) in [6, 6.07) is 8.68. The summed E-state index contributed by atoms with van der Waals surface area (Å²) in [5.41, 5.74) is 2.89. The van der Waals surface area contributed by atoms with E-state index in [9.17, 15) is 16.8 Å². The molecule has 3 aromatic rings. The van der Waals surface area contributed by atoms with E-state index >= 15 is 0 Å². The minimum absolute atomic E-state index is 0.157. The standard InChI is InChI=1S/C26H28Cl3N3O7S2/c1-2-30-21-16-19(28)20(29)17-22(21)31(11-3-4-13-40(33,34)35)25(30)7-5-8-26-32(12-6-14-41(36,37)38)23-15-18(27)9-10-24(23)39-26/h5,7-10,15-17H,2-4,6,11-14H2,1H3,(H-,33,34,35,36,37,38)/p+1. The van der Waals surface area contributed by atoms with Gasteiger partial charge in [-0.05, 0) is 56.2 Å². The van der Waals surface area contributed by atoms with Gasteiger partial charge in [0.05, 0.1) is 39.0 Å². The first-order valence-corrected chi connectivity index (χ1v) is 17.1. The minimum Gasteiger partial charge on any atom is -0.398 e. The molecule has 0 aliphatic carbocycles. The molecule has 0 amide bonds. The number of nitrogens with zero attached hydrogens (tertiary/aromatic N) is 3. The summed E-state index contributed by atoms with van der Waals surface area (Å²) in [6.07, 6.45) is 6.31. The SMILES string of the molecule is CCN1/C(=C\C=C\c2oc3ccc(Cl)cc3[n+]2CCCS(=O)(=O)O)N(CCCCS(=O)(=O)O)c2cc(Cl)c(Cl)cc21. The van der Waals surface area contributed by atoms with Crippen molar-refractivity contribution in [1.82, 2.24) is 0 Å². The molecule has 0 fully saturated rings. The Labute approximate surface area is 253 Å². The van der Waals surface area contributed by atoms with Gasteiger partial charge in [0, 0.05) is 30.6 Å². The monoisotopic (exact) mass is 664 g/mol. The molecule has 10 nitrogen and oxygen atoms in total. The van der Waals surface area contributed by atoms with E-state index in [1.54, 1.807) is 47.1 Å². The first-order valence-electron chi connectivity index (χ1n) is 12.7. The molecule has 0 spiro atoms. The van der Waals surface area contributed by atoms with Crippen molar-refractivity contribution in [2.75, 3.05) is 34.4 Å². The number of aryl methyl sites for hydroxylation is 1. The predicted octanol–water partition coefficient (Wildman–Crippen LogP) is 5.83. The van der Waals surface area contributed by atoms with E-state index in [1.165, 1.54) is 0 Å². The van der Waals surface area contributed by atoms with Gasteiger partial charge in [-0.1, -0.05) is 34.8 Å². The number of aromatic nitrogens is 1. The van der Waals surface area contributed by atoms with Crippen molar-refractivity contribution < 1.29 is 34.9 Å². The molecule has 1 aliphatic rings. The van der Waals surface area contributed by atoms with E-state index in [0.717, 1.165) is 17.2 Å². The molecule has 2 aromatic carbocycles. The predicted molar refractivity (Wildman–Crippen MR) is 162 cm³/mol. The third kappa shape index (κ3) is 7.95. The Hall–Kier alpha value is -2.32. The lowest BCUT2D eigenvalue weighted by molar-refractivity contribution is -0.677. The first kappa shape index (κ1) is 31.6. The Kier molecular flexibility index (Phi) is 9.95. The van der Waals surface area contributed by atoms with E-state index in [2.05, 4.69) is 0 Å². The molecule has 1 aromatic heterocycles. The number of halogens is 3. The van der Waals surface area contributed by atoms with Crippen molar-refractivity contribution >= 4 is 83.6 Å². The number of oxazole rings is 1. The fraction of sp³-hybridized carbons (Fsp3) is 0.346. The molecule has 0 saturated carbocycles. The molecule has 222 valence electrons. The van der Waals surface area contributed by atoms with Crippen LogP contribution in [0.25, 0.3) is 17.2 Å². The van der Waals surface area contributed by atoms with E-state index in [-0.39, 0.29) is 25.1 Å². The van der Waals surface area contributed by atoms with Crippen LogP contribution in [0.2, 0.25) is 15.1 Å². The second-order valence-electron chi connectivity index (χ2n) is 9.37. The van der Waals surface area contributed by atoms with Gasteiger partial charge in [-0.25, -0.2) is 0 Å². The highest BCUT2D eigenvalue weighted by atomic mass is 35.5. The van der Waals surface area contributed by atoms with Crippen LogP contribution in [0.15, 0.2) is 52.7 Å². The highest BCUT2D eigenvalue weighted by Gasteiger charge is 2.31. The van der Waals surface area contributed by atoms with E-state index in [4.69, 9.17) is 48.3 Å². The lowest BCUT2D eigenvalue weighted by atomic mass is 10.2. The second-order valence-corrected chi connectivity index (χ2v) is 13.8. The fourth-order valence-electron chi connectivity index (χ4n) is 4.70. The van der Waals surface area contributed by atoms with Gasteiger partial charge >= 0.3 is 5.89 Å². The number of allylic oxidation sites excluding steroid dienone is 2. The molecule has 41 heavy (non-hydrogen) atoms. The summed E-state index contributed by atoms with van der Waals surface area (Å²) in [4.78, 5) is 4.05. The highest BCUT2D eigenvalue weighted by molar-refractivity contribution is 7.86. The maximum absolute atomic E-state index is 11.3. The number of benzene rings is 2. The van der Waals surface area contributed by atoms with Crippen LogP contribution in [0, 0.1) is 0 Å². The van der Waals surface area contributed by atoms with Crippen molar-refractivity contribution in [3.63, 3.8) is 0 Å². The average Bonchev–Trinajstić information content (AvgIpc) is 3.35. The normalized spacial score (nSPS) is 15.1. The minimum atomic E-state index is -4.12. The average molecular weight is 666 g/mol. The molecule has 0 saturated heterocycles. The van der Waals surface area contributed by atoms with Crippen LogP contribution in [0.4, 0.5) is 11.4 Å². The number of anilines is 2. The summed E-state index contributed by atoms with van der Waals surface area (Å²) >= 11 is 18.9. The third-order valence-electron chi connectivity index (χ3n) is 6.46. The molecule has 1 aliphatic heterocycles. The molecule has 0 atom stereocenters. The van der Waals surface area contributed by atoms with Crippen LogP contribution in [0.1, 0.15) is 32.1 Å². The van der Waals surface area contributed by atoms with Gasteiger partial charge in [0.25, 0.3) is 25.8 Å². The van der Waals surface area contributed by atoms with Crippen molar-refractivity contribution in [2.24, 2.45) is 0 Å². The molecule has 0 radical (unpaired) electrons. The van der Waals surface area contributed by atoms with Crippen LogP contribution in [0.5, 0.6) is 0 Å². The smallest absolute Gasteiger partial charge is 0.374 e. The molecule has 0 unspecified atom stereocenters. The van der Waals surface area contributed by atoms with Crippen LogP contribution in [0.3, 0.4) is 0 Å². The molecule has 2 N–H and O–H groups in total. The Morgan fingerprint density at radius 3 is 2.17 bits per heavy atom. The number of hydrogen-bond acceptors (Lipinski definition) is 7. The van der Waals surface area contributed by atoms with Gasteiger partial charge in [-0.3, -0.25) is 9.11 Å². The molecule has 4 rings (SSSR count). The highest BCUT2D eigenvalue weighted by Crippen LogP contribution is 2.45. The topological polar surface area (TPSA) is 132 Å². The van der Waals surface area contributed by atoms with Gasteiger partial charge in [0.2, 0.25) is 5.58 Å². The number of rotatable bonds is 12. The summed E-state index contributed by atoms with van der Waals surface area (Å²) in [5, 5.41) is 1.27. The maximum atomic E-state index is 11.3. The first-order chi connectivity index (χ1) is 19.3. The van der Waals surface area contributed by atoms with Crippen molar-refractivity contribution in [3.8, 4) is 0 Å². The fourth-order valence-corrected chi connectivity index (χ4v) is 6.25. The van der Waals surface area contributed by atoms with E-state index in [0.29, 0.717) is 51.6 Å². The van der Waals surface area contributed by atoms with Crippen LogP contribution in [-0.4, -0.2) is 50.5 Å². The van der Waals surface area contributed by atoms with Gasteiger partial charge in [-0.15, -0.1) is 0 Å². The third-order valence-corrected chi connectivity index (χ3v) is 9.03. The molecular weight excluding hydrogens is 637 g/mol. The Morgan fingerprint density at radius 2 is 1.54 bits per heavy atom. The summed E-state index contributed by atoms with van der Waals surface area (Å²) in [5.74, 6) is 0.501. The number of unbranched alkanes of at least 4 members (excludes halogenated alkanes) is 1. The largest absolute Gasteiger partial charge is 0.398 e. The Morgan fingerprint density at radius 1 is 0.902 bits per heavy atom. The zero-order valence-electron chi connectivity index (χ0n) is 22.0. The van der Waals surface area contributed by atoms with Crippen molar-refractivity contribution in [1.29, 1.82) is 0 Å². The van der Waals surface area contributed by atoms with Crippen LogP contribution in [-0.2, 0) is 26.8 Å². The van der Waals surface area contributed by atoms with E-state index < -0.39 is 26.0 Å². The zero-order valence-corrected chi connectivity index (χ0v) is 25.9. The van der Waals surface area contributed by atoms with Gasteiger partial charge < -0.3 is 14.2 Å². The summed E-state index contributed by atoms with van der Waals surface area (Å²) in [6.45, 7) is 3.30. The van der Waals surface area contributed by atoms with E-state index in [1.807, 2.05) is 22.8 Å². The Bertz CT molecular complexity index is 1720. The van der Waals surface area contributed by atoms with Gasteiger partial charge in [0.15, 0.2) is 6.54 Å². The van der Waals surface area contributed by atoms with Crippen molar-refractivity contribution in [3.05, 3.63) is 69.3 Å². The summed E-state index contributed by atoms with van der Waals surface area (Å²) < 4.78 is 71.0. The zero-order chi connectivity index (χ0) is 29.9. The van der Waals surface area contributed by atoms with Crippen molar-refractivity contribution in [2.45, 2.75) is 32.7 Å². The molecular formula is C26H29Cl3N3O7S2+. The number of fused-ring (bicyclic) bond motifs is 2. The molecule has 2 heterocycles. The van der Waals surface area contributed by atoms with Crippen LogP contribution >= 0.6 is 34.8 Å².